The van der Waals surface area contributed by atoms with Crippen molar-refractivity contribution in [1.29, 1.82) is 0 Å². The molecule has 3 heterocycles. The third kappa shape index (κ3) is 4.29. The Balaban J connectivity index is 1.48. The van der Waals surface area contributed by atoms with Crippen molar-refractivity contribution in [1.82, 2.24) is 15.2 Å². The van der Waals surface area contributed by atoms with Crippen molar-refractivity contribution in [3.8, 4) is 0 Å². The Kier molecular flexibility index (Phi) is 6.10. The number of thiocarbonyl (C=S) groups is 1. The predicted octanol–water partition coefficient (Wildman–Crippen LogP) is 5.27. The lowest BCUT2D eigenvalue weighted by atomic mass is 10.0. The molecule has 144 valence electrons. The zero-order valence-electron chi connectivity index (χ0n) is 15.2. The summed E-state index contributed by atoms with van der Waals surface area (Å²) in [5, 5.41) is 7.71. The van der Waals surface area contributed by atoms with Crippen LogP contribution in [0.3, 0.4) is 0 Å². The molecule has 0 radical (unpaired) electrons. The van der Waals surface area contributed by atoms with Gasteiger partial charge in [-0.25, -0.2) is 0 Å². The number of nitrogens with zero attached hydrogens (tertiary/aromatic N) is 2. The van der Waals surface area contributed by atoms with Gasteiger partial charge in [-0.2, -0.15) is 0 Å². The fraction of sp³-hybridized carbons (Fsp3) is 0.238. The van der Waals surface area contributed by atoms with Crippen LogP contribution in [0.5, 0.6) is 0 Å². The summed E-state index contributed by atoms with van der Waals surface area (Å²) in [6, 6.07) is 20.4. The van der Waals surface area contributed by atoms with E-state index in [0.717, 1.165) is 40.3 Å². The topological polar surface area (TPSA) is 40.2 Å². The highest BCUT2D eigenvalue weighted by molar-refractivity contribution is 7.80. The number of hydrogen-bond donors (Lipinski definition) is 2. The molecule has 1 aliphatic rings. The van der Waals surface area contributed by atoms with Crippen molar-refractivity contribution >= 4 is 46.0 Å². The minimum atomic E-state index is 0.0190. The largest absolute Gasteiger partial charge is 0.385 e. The molecule has 28 heavy (non-hydrogen) atoms. The highest BCUT2D eigenvalue weighted by atomic mass is 35.5. The number of hydrogen-bond acceptors (Lipinski definition) is 4. The van der Waals surface area contributed by atoms with Gasteiger partial charge in [-0.15, -0.1) is 11.3 Å². The molecule has 2 aromatic heterocycles. The van der Waals surface area contributed by atoms with E-state index >= 15 is 0 Å². The monoisotopic (exact) mass is 428 g/mol. The molecule has 3 aromatic rings. The van der Waals surface area contributed by atoms with E-state index < -0.39 is 0 Å². The third-order valence-electron chi connectivity index (χ3n) is 4.76. The number of aromatic nitrogens is 1. The highest BCUT2D eigenvalue weighted by Gasteiger charge is 2.40. The van der Waals surface area contributed by atoms with Crippen molar-refractivity contribution in [3.63, 3.8) is 0 Å². The molecular weight excluding hydrogens is 408 g/mol. The van der Waals surface area contributed by atoms with Gasteiger partial charge in [-0.3, -0.25) is 4.98 Å². The number of para-hydroxylation sites is 1. The van der Waals surface area contributed by atoms with Gasteiger partial charge in [0.05, 0.1) is 22.1 Å². The highest BCUT2D eigenvalue weighted by Crippen LogP contribution is 2.42. The van der Waals surface area contributed by atoms with Crippen molar-refractivity contribution in [2.75, 3.05) is 18.4 Å². The van der Waals surface area contributed by atoms with Crippen molar-refractivity contribution in [3.05, 3.63) is 81.8 Å². The lowest BCUT2D eigenvalue weighted by Gasteiger charge is -2.27. The molecule has 2 N–H and O–H groups in total. The van der Waals surface area contributed by atoms with Gasteiger partial charge in [0.1, 0.15) is 0 Å². The Labute approximate surface area is 179 Å². The van der Waals surface area contributed by atoms with Gasteiger partial charge in [-0.1, -0.05) is 35.9 Å². The van der Waals surface area contributed by atoms with Crippen molar-refractivity contribution < 1.29 is 0 Å². The lowest BCUT2D eigenvalue weighted by Crippen LogP contribution is -2.31. The van der Waals surface area contributed by atoms with Crippen LogP contribution in [0, 0.1) is 0 Å². The minimum Gasteiger partial charge on any atom is -0.385 e. The molecular formula is C21H21ClN4S2. The van der Waals surface area contributed by atoms with Crippen LogP contribution >= 0.6 is 35.2 Å². The van der Waals surface area contributed by atoms with Crippen LogP contribution in [0.25, 0.3) is 0 Å². The van der Waals surface area contributed by atoms with E-state index in [0.29, 0.717) is 0 Å². The Morgan fingerprint density at radius 3 is 2.64 bits per heavy atom. The zero-order valence-corrected chi connectivity index (χ0v) is 17.6. The van der Waals surface area contributed by atoms with E-state index in [4.69, 9.17) is 23.8 Å². The molecule has 0 bridgehead atoms. The maximum absolute atomic E-state index is 6.23. The molecule has 1 fully saturated rings. The maximum Gasteiger partial charge on any atom is 0.170 e. The second-order valence-corrected chi connectivity index (χ2v) is 8.74. The Morgan fingerprint density at radius 1 is 1.11 bits per heavy atom. The molecule has 0 spiro atoms. The summed E-state index contributed by atoms with van der Waals surface area (Å²) in [5.41, 5.74) is 2.13. The zero-order chi connectivity index (χ0) is 19.3. The van der Waals surface area contributed by atoms with E-state index in [-0.39, 0.29) is 12.1 Å². The molecule has 1 saturated heterocycles. The van der Waals surface area contributed by atoms with Gasteiger partial charge in [0.25, 0.3) is 0 Å². The summed E-state index contributed by atoms with van der Waals surface area (Å²) in [6.45, 7) is 1.74. The van der Waals surface area contributed by atoms with Gasteiger partial charge in [0, 0.05) is 29.9 Å². The number of benzene rings is 1. The number of halogens is 1. The first kappa shape index (κ1) is 19.2. The molecule has 4 rings (SSSR count). The maximum atomic E-state index is 6.23. The van der Waals surface area contributed by atoms with E-state index in [1.807, 2.05) is 48.7 Å². The fourth-order valence-electron chi connectivity index (χ4n) is 3.48. The van der Waals surface area contributed by atoms with Crippen LogP contribution in [0.4, 0.5) is 5.69 Å². The molecule has 7 heteroatoms. The number of thiophene rings is 1. The second kappa shape index (κ2) is 8.90. The van der Waals surface area contributed by atoms with Crippen LogP contribution in [-0.4, -0.2) is 28.1 Å². The number of nitrogens with one attached hydrogen (secondary N) is 2. The summed E-state index contributed by atoms with van der Waals surface area (Å²) in [7, 11) is 0. The second-order valence-electron chi connectivity index (χ2n) is 6.61. The van der Waals surface area contributed by atoms with Gasteiger partial charge in [0.15, 0.2) is 5.11 Å². The summed E-state index contributed by atoms with van der Waals surface area (Å²) in [6.07, 6.45) is 2.80. The van der Waals surface area contributed by atoms with Gasteiger partial charge >= 0.3 is 0 Å². The summed E-state index contributed by atoms with van der Waals surface area (Å²) in [5.74, 6) is 0. The van der Waals surface area contributed by atoms with E-state index in [1.54, 1.807) is 11.3 Å². The number of rotatable bonds is 7. The summed E-state index contributed by atoms with van der Waals surface area (Å²) in [4.78, 5) is 8.02. The Bertz CT molecular complexity index is 916. The van der Waals surface area contributed by atoms with Crippen LogP contribution in [-0.2, 0) is 0 Å². The van der Waals surface area contributed by atoms with Gasteiger partial charge in [-0.05, 0) is 55.0 Å². The first-order valence-electron chi connectivity index (χ1n) is 9.24. The first-order valence-corrected chi connectivity index (χ1v) is 10.8. The number of anilines is 1. The van der Waals surface area contributed by atoms with Crippen LogP contribution in [0.1, 0.15) is 29.1 Å². The van der Waals surface area contributed by atoms with E-state index in [1.165, 1.54) is 4.88 Å². The van der Waals surface area contributed by atoms with Crippen molar-refractivity contribution in [2.45, 2.75) is 18.5 Å². The standard InChI is InChI=1S/C21H21ClN4S2/c22-18-11-10-17(28-18)20-19(16-9-4-5-12-24-16)25-21(27)26(20)14-6-13-23-15-7-2-1-3-8-15/h1-5,7-12,19-20,23H,6,13-14H2,(H,25,27)/t19-,20-/m1/s1. The first-order chi connectivity index (χ1) is 13.7. The predicted molar refractivity (Wildman–Crippen MR) is 121 cm³/mol. The van der Waals surface area contributed by atoms with Crippen LogP contribution in [0.2, 0.25) is 4.34 Å². The molecule has 2 atom stereocenters. The third-order valence-corrected chi connectivity index (χ3v) is 6.42. The average Bonchev–Trinajstić information content (AvgIpc) is 3.29. The average molecular weight is 429 g/mol. The smallest absolute Gasteiger partial charge is 0.170 e. The summed E-state index contributed by atoms with van der Waals surface area (Å²) >= 11 is 13.5. The van der Waals surface area contributed by atoms with E-state index in [2.05, 4.69) is 38.7 Å². The van der Waals surface area contributed by atoms with Crippen LogP contribution < -0.4 is 10.6 Å². The Morgan fingerprint density at radius 2 is 1.93 bits per heavy atom. The van der Waals surface area contributed by atoms with Crippen molar-refractivity contribution in [2.24, 2.45) is 0 Å². The molecule has 0 saturated carbocycles. The van der Waals surface area contributed by atoms with E-state index in [9.17, 15) is 0 Å². The van der Waals surface area contributed by atoms with Gasteiger partial charge < -0.3 is 15.5 Å². The Hall–Kier alpha value is -2.15. The summed E-state index contributed by atoms with van der Waals surface area (Å²) < 4.78 is 0.790. The van der Waals surface area contributed by atoms with Crippen LogP contribution in [0.15, 0.2) is 66.9 Å². The fourth-order valence-corrected chi connectivity index (χ4v) is 5.02. The molecule has 0 unspecified atom stereocenters. The lowest BCUT2D eigenvalue weighted by molar-refractivity contribution is 0.321. The number of pyridine rings is 1. The molecule has 1 aliphatic heterocycles. The molecule has 4 nitrogen and oxygen atoms in total. The molecule has 1 aromatic carbocycles. The van der Waals surface area contributed by atoms with Gasteiger partial charge in [0.2, 0.25) is 0 Å². The normalized spacial score (nSPS) is 18.9. The minimum absolute atomic E-state index is 0.0190. The molecule has 0 aliphatic carbocycles. The SMILES string of the molecule is S=C1N[C@H](c2ccccn2)[C@@H](c2ccc(Cl)s2)N1CCCNc1ccccc1. The quantitative estimate of drug-likeness (QED) is 0.396. The molecule has 0 amide bonds.